The molecule has 0 fully saturated rings. The van der Waals surface area contributed by atoms with Crippen molar-refractivity contribution in [2.75, 3.05) is 5.32 Å². The molecule has 0 saturated carbocycles. The average Bonchev–Trinajstić information content (AvgIpc) is 2.61. The van der Waals surface area contributed by atoms with Crippen LogP contribution in [0.25, 0.3) is 0 Å². The molecule has 0 aromatic heterocycles. The van der Waals surface area contributed by atoms with Crippen LogP contribution in [0.3, 0.4) is 0 Å². The lowest BCUT2D eigenvalue weighted by Gasteiger charge is -2.07. The van der Waals surface area contributed by atoms with E-state index in [2.05, 4.69) is 5.32 Å². The van der Waals surface area contributed by atoms with Crippen LogP contribution >= 0.6 is 0 Å². The van der Waals surface area contributed by atoms with E-state index in [1.165, 1.54) is 18.2 Å². The number of carbonyl (C=O) groups excluding carboxylic acids is 1. The molecule has 0 saturated heterocycles. The zero-order valence-corrected chi connectivity index (χ0v) is 14.6. The van der Waals surface area contributed by atoms with E-state index >= 15 is 0 Å². The molecule has 1 atom stereocenters. The molecular weight excluding hydrogens is 355 g/mol. The zero-order chi connectivity index (χ0) is 19.1. The second kappa shape index (κ2) is 9.26. The van der Waals surface area contributed by atoms with Crippen LogP contribution in [0.2, 0.25) is 0 Å². The Morgan fingerprint density at radius 2 is 1.88 bits per heavy atom. The van der Waals surface area contributed by atoms with Gasteiger partial charge in [-0.2, -0.15) is 5.26 Å². The lowest BCUT2D eigenvalue weighted by atomic mass is 9.80. The molecule has 26 heavy (non-hydrogen) atoms. The van der Waals surface area contributed by atoms with Gasteiger partial charge >= 0.3 is 7.12 Å². The smallest absolute Gasteiger partial charge is 0.423 e. The number of hydrogen-bond donors (Lipinski definition) is 4. The molecule has 2 aromatic carbocycles. The number of amides is 1. The van der Waals surface area contributed by atoms with Crippen LogP contribution in [0.5, 0.6) is 0 Å². The van der Waals surface area contributed by atoms with E-state index in [0.717, 1.165) is 5.56 Å². The summed E-state index contributed by atoms with van der Waals surface area (Å²) < 4.78 is 20.2. The molecule has 7 nitrogen and oxygen atoms in total. The van der Waals surface area contributed by atoms with Gasteiger partial charge in [-0.15, -0.1) is 0 Å². The van der Waals surface area contributed by atoms with E-state index in [-0.39, 0.29) is 22.8 Å². The molecule has 0 heterocycles. The first-order valence-corrected chi connectivity index (χ1v) is 8.91. The van der Waals surface area contributed by atoms with Gasteiger partial charge in [-0.1, -0.05) is 24.3 Å². The van der Waals surface area contributed by atoms with Crippen LogP contribution in [0.15, 0.2) is 47.4 Å². The normalized spacial score (nSPS) is 11.5. The number of hydrogen-bond acceptors (Lipinski definition) is 5. The van der Waals surface area contributed by atoms with Crippen LogP contribution in [-0.2, 0) is 22.3 Å². The van der Waals surface area contributed by atoms with Gasteiger partial charge < -0.3 is 19.9 Å². The Morgan fingerprint density at radius 1 is 1.19 bits per heavy atom. The summed E-state index contributed by atoms with van der Waals surface area (Å²) >= 11 is -2.26. The first kappa shape index (κ1) is 19.8. The molecule has 1 unspecified atom stereocenters. The highest BCUT2D eigenvalue weighted by atomic mass is 32.2. The fraction of sp³-hybridized carbons (Fsp3) is 0.176. The maximum Gasteiger partial charge on any atom is 0.488 e. The molecule has 9 heteroatoms. The van der Waals surface area contributed by atoms with Gasteiger partial charge in [-0.05, 0) is 42.1 Å². The summed E-state index contributed by atoms with van der Waals surface area (Å²) in [5.74, 6) is -0.228. The Balaban J connectivity index is 1.87. The van der Waals surface area contributed by atoms with E-state index < -0.39 is 18.2 Å². The minimum absolute atomic E-state index is 0.00180. The van der Waals surface area contributed by atoms with Crippen molar-refractivity contribution in [2.24, 2.45) is 0 Å². The molecule has 1 amide bonds. The summed E-state index contributed by atoms with van der Waals surface area (Å²) in [7, 11) is -1.50. The van der Waals surface area contributed by atoms with Crippen molar-refractivity contribution in [1.29, 1.82) is 5.26 Å². The molecule has 2 aromatic rings. The fourth-order valence-electron chi connectivity index (χ4n) is 2.38. The SMILES string of the molecule is N#Cc1cc(NC(=O)CCCc2ccc(B(O)O)cc2)ccc1S(=O)O. The fourth-order valence-corrected chi connectivity index (χ4v) is 2.86. The van der Waals surface area contributed by atoms with Crippen molar-refractivity contribution in [2.45, 2.75) is 24.2 Å². The maximum absolute atomic E-state index is 12.0. The monoisotopic (exact) mass is 372 g/mol. The quantitative estimate of drug-likeness (QED) is 0.420. The number of nitrogens with one attached hydrogen (secondary N) is 1. The van der Waals surface area contributed by atoms with Crippen molar-refractivity contribution in [3.8, 4) is 6.07 Å². The Bertz CT molecular complexity index is 849. The van der Waals surface area contributed by atoms with Gasteiger partial charge in [0.05, 0.1) is 10.5 Å². The molecule has 0 bridgehead atoms. The lowest BCUT2D eigenvalue weighted by Crippen LogP contribution is -2.29. The highest BCUT2D eigenvalue weighted by Gasteiger charge is 2.11. The standard InChI is InChI=1S/C17H17BN2O5S/c19-11-13-10-15(8-9-16(13)26(24)25)20-17(21)3-1-2-12-4-6-14(7-5-12)18(22)23/h4-10,22-23H,1-3H2,(H,20,21)(H,24,25). The topological polar surface area (TPSA) is 131 Å². The van der Waals surface area contributed by atoms with Gasteiger partial charge in [-0.25, -0.2) is 4.21 Å². The number of aryl methyl sites for hydroxylation is 1. The second-order valence-corrected chi connectivity index (χ2v) is 6.53. The van der Waals surface area contributed by atoms with Gasteiger partial charge in [0, 0.05) is 12.1 Å². The van der Waals surface area contributed by atoms with Crippen LogP contribution in [-0.4, -0.2) is 31.8 Å². The third-order valence-corrected chi connectivity index (χ3v) is 4.45. The van der Waals surface area contributed by atoms with Crippen LogP contribution in [0, 0.1) is 11.3 Å². The third kappa shape index (κ3) is 5.51. The lowest BCUT2D eigenvalue weighted by molar-refractivity contribution is -0.116. The predicted molar refractivity (Wildman–Crippen MR) is 98.0 cm³/mol. The molecular formula is C17H17BN2O5S. The van der Waals surface area contributed by atoms with Crippen molar-refractivity contribution >= 4 is 35.3 Å². The Hall–Kier alpha value is -2.51. The van der Waals surface area contributed by atoms with Crippen LogP contribution < -0.4 is 10.8 Å². The maximum atomic E-state index is 12.0. The molecule has 0 aliphatic rings. The third-order valence-electron chi connectivity index (χ3n) is 3.72. The van der Waals surface area contributed by atoms with Gasteiger partial charge in [0.25, 0.3) is 0 Å². The summed E-state index contributed by atoms with van der Waals surface area (Å²) in [5.41, 5.74) is 1.81. The molecule has 0 radical (unpaired) electrons. The Labute approximate surface area is 153 Å². The van der Waals surface area contributed by atoms with Crippen molar-refractivity contribution in [1.82, 2.24) is 0 Å². The second-order valence-electron chi connectivity index (χ2n) is 5.59. The van der Waals surface area contributed by atoms with E-state index in [1.807, 2.05) is 6.07 Å². The number of carbonyl (C=O) groups is 1. The summed E-state index contributed by atoms with van der Waals surface area (Å²) in [4.78, 5) is 12.0. The Morgan fingerprint density at radius 3 is 2.46 bits per heavy atom. The molecule has 134 valence electrons. The molecule has 0 spiro atoms. The first-order chi connectivity index (χ1) is 12.4. The summed E-state index contributed by atoms with van der Waals surface area (Å²) in [5, 5.41) is 29.7. The molecule has 0 aliphatic carbocycles. The highest BCUT2D eigenvalue weighted by Crippen LogP contribution is 2.18. The van der Waals surface area contributed by atoms with Gasteiger partial charge in [0.15, 0.2) is 11.1 Å². The van der Waals surface area contributed by atoms with Crippen molar-refractivity contribution in [3.05, 3.63) is 53.6 Å². The van der Waals surface area contributed by atoms with E-state index in [4.69, 9.17) is 19.9 Å². The van der Waals surface area contributed by atoms with Crippen LogP contribution in [0.1, 0.15) is 24.0 Å². The first-order valence-electron chi connectivity index (χ1n) is 7.80. The van der Waals surface area contributed by atoms with E-state index in [9.17, 15) is 9.00 Å². The largest absolute Gasteiger partial charge is 0.488 e. The van der Waals surface area contributed by atoms with Gasteiger partial charge in [-0.3, -0.25) is 4.79 Å². The minimum atomic E-state index is -2.26. The molecule has 0 aliphatic heterocycles. The number of rotatable bonds is 7. The Kier molecular flexibility index (Phi) is 7.06. The number of anilines is 1. The minimum Gasteiger partial charge on any atom is -0.423 e. The molecule has 4 N–H and O–H groups in total. The number of nitriles is 1. The summed E-state index contributed by atoms with van der Waals surface area (Å²) in [6.45, 7) is 0. The highest BCUT2D eigenvalue weighted by molar-refractivity contribution is 7.79. The number of nitrogens with zero attached hydrogens (tertiary/aromatic N) is 1. The molecule has 2 rings (SSSR count). The van der Waals surface area contributed by atoms with Gasteiger partial charge in [0.1, 0.15) is 6.07 Å². The van der Waals surface area contributed by atoms with E-state index in [0.29, 0.717) is 24.0 Å². The van der Waals surface area contributed by atoms with E-state index in [1.54, 1.807) is 24.3 Å². The summed E-state index contributed by atoms with van der Waals surface area (Å²) in [6.07, 6.45) is 1.51. The number of benzene rings is 2. The average molecular weight is 372 g/mol. The zero-order valence-electron chi connectivity index (χ0n) is 13.8. The van der Waals surface area contributed by atoms with Gasteiger partial charge in [0.2, 0.25) is 5.91 Å². The summed E-state index contributed by atoms with van der Waals surface area (Å²) in [6, 6.07) is 12.8. The predicted octanol–water partition coefficient (Wildman–Crippen LogP) is 0.780. The van der Waals surface area contributed by atoms with Crippen molar-refractivity contribution < 1.29 is 23.6 Å². The van der Waals surface area contributed by atoms with Crippen LogP contribution in [0.4, 0.5) is 5.69 Å². The van der Waals surface area contributed by atoms with Crippen molar-refractivity contribution in [3.63, 3.8) is 0 Å².